The van der Waals surface area contributed by atoms with Crippen LogP contribution in [0.4, 0.5) is 0 Å². The molecule has 7 nitrogen and oxygen atoms in total. The summed E-state index contributed by atoms with van der Waals surface area (Å²) < 4.78 is 0. The zero-order valence-electron chi connectivity index (χ0n) is 11.8. The van der Waals surface area contributed by atoms with E-state index in [0.29, 0.717) is 19.6 Å². The van der Waals surface area contributed by atoms with Crippen LogP contribution < -0.4 is 10.6 Å². The van der Waals surface area contributed by atoms with Crippen molar-refractivity contribution >= 4 is 11.8 Å². The molecule has 1 aromatic heterocycles. The minimum atomic E-state index is -0.501. The molecule has 3 N–H and O–H groups in total. The second-order valence-corrected chi connectivity index (χ2v) is 4.88. The molecule has 2 heterocycles. The molecule has 2 amide bonds. The van der Waals surface area contributed by atoms with Crippen LogP contribution in [-0.2, 0) is 16.1 Å². The number of amides is 2. The fourth-order valence-corrected chi connectivity index (χ4v) is 2.32. The van der Waals surface area contributed by atoms with Gasteiger partial charge in [0.25, 0.3) is 0 Å². The molecular weight excluding hydrogens is 272 g/mol. The molecule has 7 heteroatoms. The van der Waals surface area contributed by atoms with Gasteiger partial charge in [0.1, 0.15) is 0 Å². The SMILES string of the molecule is O=C(CC1C(=O)NCCN1Cc1ccccn1)NCCO. The number of hydrogen-bond donors (Lipinski definition) is 3. The van der Waals surface area contributed by atoms with Crippen molar-refractivity contribution in [3.8, 4) is 0 Å². The lowest BCUT2D eigenvalue weighted by Gasteiger charge is -2.34. The van der Waals surface area contributed by atoms with Gasteiger partial charge in [0.05, 0.1) is 24.8 Å². The Labute approximate surface area is 123 Å². The van der Waals surface area contributed by atoms with Crippen LogP contribution in [0.15, 0.2) is 24.4 Å². The van der Waals surface area contributed by atoms with Crippen molar-refractivity contribution < 1.29 is 14.7 Å². The number of carbonyl (C=O) groups excluding carboxylic acids is 2. The summed E-state index contributed by atoms with van der Waals surface area (Å²) in [5, 5.41) is 14.1. The standard InChI is InChI=1S/C14H20N4O3/c19-8-6-16-13(20)9-12-14(21)17-5-7-18(12)10-11-3-1-2-4-15-11/h1-4,12,19H,5-10H2,(H,16,20)(H,17,21). The highest BCUT2D eigenvalue weighted by Crippen LogP contribution is 2.12. The number of piperazine rings is 1. The summed E-state index contributed by atoms with van der Waals surface area (Å²) in [5.41, 5.74) is 0.868. The highest BCUT2D eigenvalue weighted by atomic mass is 16.3. The van der Waals surface area contributed by atoms with E-state index in [2.05, 4.69) is 15.6 Å². The Morgan fingerprint density at radius 2 is 2.38 bits per heavy atom. The van der Waals surface area contributed by atoms with Gasteiger partial charge in [0, 0.05) is 32.4 Å². The maximum Gasteiger partial charge on any atom is 0.237 e. The Balaban J connectivity index is 1.99. The molecule has 0 aliphatic carbocycles. The van der Waals surface area contributed by atoms with Gasteiger partial charge in [-0.15, -0.1) is 0 Å². The summed E-state index contributed by atoms with van der Waals surface area (Å²) in [6.07, 6.45) is 1.79. The van der Waals surface area contributed by atoms with E-state index in [4.69, 9.17) is 5.11 Å². The number of hydrogen-bond acceptors (Lipinski definition) is 5. The molecule has 1 aliphatic heterocycles. The quantitative estimate of drug-likeness (QED) is 0.617. The monoisotopic (exact) mass is 292 g/mol. The zero-order chi connectivity index (χ0) is 15.1. The number of aromatic nitrogens is 1. The van der Waals surface area contributed by atoms with Crippen molar-refractivity contribution in [2.75, 3.05) is 26.2 Å². The lowest BCUT2D eigenvalue weighted by molar-refractivity contribution is -0.134. The van der Waals surface area contributed by atoms with E-state index in [1.807, 2.05) is 23.1 Å². The Kier molecular flexibility index (Phi) is 5.65. The minimum absolute atomic E-state index is 0.0820. The summed E-state index contributed by atoms with van der Waals surface area (Å²) in [6, 6.07) is 5.14. The van der Waals surface area contributed by atoms with Gasteiger partial charge in [-0.1, -0.05) is 6.07 Å². The van der Waals surface area contributed by atoms with E-state index in [1.54, 1.807) is 6.20 Å². The highest BCUT2D eigenvalue weighted by molar-refractivity contribution is 5.88. The van der Waals surface area contributed by atoms with Crippen LogP contribution in [0.3, 0.4) is 0 Å². The molecule has 1 atom stereocenters. The van der Waals surface area contributed by atoms with E-state index in [0.717, 1.165) is 5.69 Å². The van der Waals surface area contributed by atoms with Gasteiger partial charge in [-0.2, -0.15) is 0 Å². The van der Waals surface area contributed by atoms with Gasteiger partial charge in [-0.25, -0.2) is 0 Å². The number of carbonyl (C=O) groups is 2. The van der Waals surface area contributed by atoms with Gasteiger partial charge >= 0.3 is 0 Å². The van der Waals surface area contributed by atoms with Crippen LogP contribution in [-0.4, -0.2) is 59.1 Å². The van der Waals surface area contributed by atoms with E-state index < -0.39 is 6.04 Å². The fourth-order valence-electron chi connectivity index (χ4n) is 2.32. The van der Waals surface area contributed by atoms with Crippen LogP contribution in [0.5, 0.6) is 0 Å². The Morgan fingerprint density at radius 3 is 3.10 bits per heavy atom. The first kappa shape index (κ1) is 15.4. The summed E-state index contributed by atoms with van der Waals surface area (Å²) in [7, 11) is 0. The molecule has 114 valence electrons. The van der Waals surface area contributed by atoms with Crippen molar-refractivity contribution in [3.05, 3.63) is 30.1 Å². The predicted molar refractivity (Wildman–Crippen MR) is 76.2 cm³/mol. The van der Waals surface area contributed by atoms with Crippen molar-refractivity contribution in [2.45, 2.75) is 19.0 Å². The van der Waals surface area contributed by atoms with Crippen molar-refractivity contribution in [1.29, 1.82) is 0 Å². The maximum absolute atomic E-state index is 12.0. The number of aliphatic hydroxyl groups excluding tert-OH is 1. The number of rotatable bonds is 6. The average molecular weight is 292 g/mol. The molecule has 21 heavy (non-hydrogen) atoms. The van der Waals surface area contributed by atoms with E-state index in [1.165, 1.54) is 0 Å². The van der Waals surface area contributed by atoms with Crippen molar-refractivity contribution in [3.63, 3.8) is 0 Å². The minimum Gasteiger partial charge on any atom is -0.395 e. The molecule has 1 saturated heterocycles. The predicted octanol–water partition coefficient (Wildman–Crippen LogP) is -1.12. The number of nitrogens with one attached hydrogen (secondary N) is 2. The second-order valence-electron chi connectivity index (χ2n) is 4.88. The molecule has 1 unspecified atom stereocenters. The lowest BCUT2D eigenvalue weighted by atomic mass is 10.1. The lowest BCUT2D eigenvalue weighted by Crippen LogP contribution is -2.56. The average Bonchev–Trinajstić information content (AvgIpc) is 2.50. The van der Waals surface area contributed by atoms with E-state index in [9.17, 15) is 9.59 Å². The molecule has 0 bridgehead atoms. The van der Waals surface area contributed by atoms with Crippen molar-refractivity contribution in [2.24, 2.45) is 0 Å². The van der Waals surface area contributed by atoms with Gasteiger partial charge in [0.2, 0.25) is 11.8 Å². The summed E-state index contributed by atoms with van der Waals surface area (Å²) in [5.74, 6) is -0.381. The third-order valence-corrected chi connectivity index (χ3v) is 3.35. The maximum atomic E-state index is 12.0. The fraction of sp³-hybridized carbons (Fsp3) is 0.500. The first-order chi connectivity index (χ1) is 10.2. The first-order valence-electron chi connectivity index (χ1n) is 7.00. The van der Waals surface area contributed by atoms with Gasteiger partial charge in [-0.05, 0) is 12.1 Å². The number of aliphatic hydroxyl groups is 1. The van der Waals surface area contributed by atoms with Crippen molar-refractivity contribution in [1.82, 2.24) is 20.5 Å². The van der Waals surface area contributed by atoms with Crippen LogP contribution in [0.1, 0.15) is 12.1 Å². The summed E-state index contributed by atoms with van der Waals surface area (Å²) in [4.78, 5) is 30.0. The Hall–Kier alpha value is -1.99. The van der Waals surface area contributed by atoms with Gasteiger partial charge < -0.3 is 15.7 Å². The second kappa shape index (κ2) is 7.70. The normalized spacial score (nSPS) is 19.1. The number of nitrogens with zero attached hydrogens (tertiary/aromatic N) is 2. The molecule has 0 spiro atoms. The molecule has 0 saturated carbocycles. The largest absolute Gasteiger partial charge is 0.395 e. The molecular formula is C14H20N4O3. The van der Waals surface area contributed by atoms with Gasteiger partial charge in [0.15, 0.2) is 0 Å². The highest BCUT2D eigenvalue weighted by Gasteiger charge is 2.31. The molecule has 0 radical (unpaired) electrons. The molecule has 1 aliphatic rings. The van der Waals surface area contributed by atoms with Crippen LogP contribution in [0.25, 0.3) is 0 Å². The molecule has 1 fully saturated rings. The topological polar surface area (TPSA) is 94.6 Å². The molecule has 2 rings (SSSR count). The smallest absolute Gasteiger partial charge is 0.237 e. The third kappa shape index (κ3) is 4.51. The van der Waals surface area contributed by atoms with Crippen LogP contribution in [0, 0.1) is 0 Å². The van der Waals surface area contributed by atoms with Crippen LogP contribution >= 0.6 is 0 Å². The Bertz CT molecular complexity index is 480. The molecule has 0 aromatic carbocycles. The van der Waals surface area contributed by atoms with Crippen LogP contribution in [0.2, 0.25) is 0 Å². The zero-order valence-corrected chi connectivity index (χ0v) is 11.8. The van der Waals surface area contributed by atoms with Gasteiger partial charge in [-0.3, -0.25) is 19.5 Å². The molecule has 1 aromatic rings. The number of pyridine rings is 1. The summed E-state index contributed by atoms with van der Waals surface area (Å²) in [6.45, 7) is 1.88. The Morgan fingerprint density at radius 1 is 1.52 bits per heavy atom. The van der Waals surface area contributed by atoms with E-state index in [-0.39, 0.29) is 31.4 Å². The first-order valence-corrected chi connectivity index (χ1v) is 7.00. The summed E-state index contributed by atoms with van der Waals surface area (Å²) >= 11 is 0. The third-order valence-electron chi connectivity index (χ3n) is 3.35. The van der Waals surface area contributed by atoms with E-state index >= 15 is 0 Å².